The van der Waals surface area contributed by atoms with E-state index in [1.165, 1.54) is 13.8 Å². The lowest BCUT2D eigenvalue weighted by atomic mass is 10.0. The standard InChI is InChI=1S/C11H22N2O6S2/c1-11(2,20(3,16)17)8-12-21(18,19)13-6-4-5-9(7-13)10(14)15/h9,12H,4-8H2,1-3H3,(H,14,15). The summed E-state index contributed by atoms with van der Waals surface area (Å²) in [4.78, 5) is 11.0. The fraction of sp³-hybridized carbons (Fsp3) is 0.909. The summed E-state index contributed by atoms with van der Waals surface area (Å²) in [6.45, 7) is 2.74. The molecule has 2 N–H and O–H groups in total. The third-order valence-electron chi connectivity index (χ3n) is 3.76. The lowest BCUT2D eigenvalue weighted by Gasteiger charge is -2.31. The van der Waals surface area contributed by atoms with E-state index < -0.39 is 36.7 Å². The van der Waals surface area contributed by atoms with Crippen LogP contribution in [0.25, 0.3) is 0 Å². The Kier molecular flexibility index (Phi) is 5.40. The van der Waals surface area contributed by atoms with Gasteiger partial charge in [-0.1, -0.05) is 0 Å². The van der Waals surface area contributed by atoms with Crippen molar-refractivity contribution in [3.63, 3.8) is 0 Å². The van der Waals surface area contributed by atoms with E-state index in [1.807, 2.05) is 0 Å². The molecule has 1 atom stereocenters. The topological polar surface area (TPSA) is 121 Å². The first-order chi connectivity index (χ1) is 9.37. The highest BCUT2D eigenvalue weighted by Crippen LogP contribution is 2.20. The normalized spacial score (nSPS) is 22.1. The van der Waals surface area contributed by atoms with Crippen molar-refractivity contribution >= 4 is 26.0 Å². The summed E-state index contributed by atoms with van der Waals surface area (Å²) in [7, 11) is -7.31. The number of rotatable bonds is 6. The molecule has 1 fully saturated rings. The summed E-state index contributed by atoms with van der Waals surface area (Å²) in [5, 5.41) is 8.97. The Morgan fingerprint density at radius 1 is 1.33 bits per heavy atom. The summed E-state index contributed by atoms with van der Waals surface area (Å²) in [6.07, 6.45) is 1.95. The maximum Gasteiger partial charge on any atom is 0.307 e. The second-order valence-electron chi connectivity index (χ2n) is 5.89. The quantitative estimate of drug-likeness (QED) is 0.667. The lowest BCUT2D eigenvalue weighted by Crippen LogP contribution is -2.51. The average Bonchev–Trinajstić information content (AvgIpc) is 2.35. The molecule has 0 aliphatic carbocycles. The number of carboxylic acid groups (broad SMARTS) is 1. The Bertz CT molecular complexity index is 596. The highest BCUT2D eigenvalue weighted by atomic mass is 32.2. The molecule has 10 heteroatoms. The smallest absolute Gasteiger partial charge is 0.307 e. The van der Waals surface area contributed by atoms with Crippen LogP contribution in [-0.2, 0) is 24.8 Å². The zero-order chi connectivity index (χ0) is 16.5. The molecule has 0 radical (unpaired) electrons. The van der Waals surface area contributed by atoms with E-state index >= 15 is 0 Å². The fourth-order valence-corrected chi connectivity index (χ4v) is 3.75. The zero-order valence-corrected chi connectivity index (χ0v) is 14.0. The van der Waals surface area contributed by atoms with Gasteiger partial charge in [0, 0.05) is 25.9 Å². The fourth-order valence-electron chi connectivity index (χ4n) is 1.85. The molecule has 1 rings (SSSR count). The molecule has 0 aromatic heterocycles. The van der Waals surface area contributed by atoms with E-state index in [-0.39, 0.29) is 19.6 Å². The Labute approximate surface area is 125 Å². The van der Waals surface area contributed by atoms with Gasteiger partial charge in [-0.05, 0) is 26.7 Å². The summed E-state index contributed by atoms with van der Waals surface area (Å²) < 4.78 is 49.5. The van der Waals surface area contributed by atoms with Gasteiger partial charge < -0.3 is 5.11 Å². The molecule has 0 amide bonds. The molecule has 1 saturated heterocycles. The van der Waals surface area contributed by atoms with E-state index in [4.69, 9.17) is 5.11 Å². The summed E-state index contributed by atoms with van der Waals surface area (Å²) in [6, 6.07) is 0. The van der Waals surface area contributed by atoms with Crippen LogP contribution >= 0.6 is 0 Å². The number of carboxylic acids is 1. The Balaban J connectivity index is 2.76. The maximum absolute atomic E-state index is 12.2. The van der Waals surface area contributed by atoms with Crippen molar-refractivity contribution in [1.82, 2.24) is 9.03 Å². The summed E-state index contributed by atoms with van der Waals surface area (Å²) in [5.41, 5.74) is 0. The number of piperidine rings is 1. The number of aliphatic carboxylic acids is 1. The predicted octanol–water partition coefficient (Wildman–Crippen LogP) is -0.559. The molecule has 0 bridgehead atoms. The minimum Gasteiger partial charge on any atom is -0.481 e. The molecular weight excluding hydrogens is 320 g/mol. The van der Waals surface area contributed by atoms with Gasteiger partial charge in [0.25, 0.3) is 10.2 Å². The van der Waals surface area contributed by atoms with Crippen molar-refractivity contribution in [3.05, 3.63) is 0 Å². The highest BCUT2D eigenvalue weighted by Gasteiger charge is 2.35. The molecule has 1 aliphatic heterocycles. The largest absolute Gasteiger partial charge is 0.481 e. The molecule has 0 aromatic rings. The first-order valence-corrected chi connectivity index (χ1v) is 9.87. The van der Waals surface area contributed by atoms with Gasteiger partial charge in [-0.25, -0.2) is 13.1 Å². The van der Waals surface area contributed by atoms with Crippen LogP contribution in [0.2, 0.25) is 0 Å². The van der Waals surface area contributed by atoms with Gasteiger partial charge in [0.15, 0.2) is 9.84 Å². The second kappa shape index (κ2) is 6.19. The number of carbonyl (C=O) groups is 1. The molecule has 1 heterocycles. The van der Waals surface area contributed by atoms with E-state index in [2.05, 4.69) is 4.72 Å². The third kappa shape index (κ3) is 4.63. The molecule has 124 valence electrons. The van der Waals surface area contributed by atoms with Crippen LogP contribution in [0.3, 0.4) is 0 Å². The van der Waals surface area contributed by atoms with Crippen LogP contribution in [-0.4, -0.2) is 62.9 Å². The van der Waals surface area contributed by atoms with Crippen molar-refractivity contribution < 1.29 is 26.7 Å². The van der Waals surface area contributed by atoms with Gasteiger partial charge in [0.1, 0.15) is 0 Å². The Morgan fingerprint density at radius 2 is 1.90 bits per heavy atom. The second-order valence-corrected chi connectivity index (χ2v) is 10.3. The average molecular weight is 342 g/mol. The van der Waals surface area contributed by atoms with Gasteiger partial charge in [-0.2, -0.15) is 12.7 Å². The van der Waals surface area contributed by atoms with Gasteiger partial charge in [0.2, 0.25) is 0 Å². The van der Waals surface area contributed by atoms with Crippen molar-refractivity contribution in [2.75, 3.05) is 25.9 Å². The van der Waals surface area contributed by atoms with Crippen LogP contribution in [0, 0.1) is 5.92 Å². The van der Waals surface area contributed by atoms with E-state index in [1.54, 1.807) is 0 Å². The van der Waals surface area contributed by atoms with Crippen molar-refractivity contribution in [3.8, 4) is 0 Å². The van der Waals surface area contributed by atoms with E-state index in [0.29, 0.717) is 12.8 Å². The number of hydrogen-bond acceptors (Lipinski definition) is 5. The molecule has 8 nitrogen and oxygen atoms in total. The molecule has 0 aromatic carbocycles. The third-order valence-corrected chi connectivity index (χ3v) is 7.43. The summed E-state index contributed by atoms with van der Waals surface area (Å²) in [5.74, 6) is -1.75. The number of nitrogens with zero attached hydrogens (tertiary/aromatic N) is 1. The van der Waals surface area contributed by atoms with E-state index in [0.717, 1.165) is 10.6 Å². The minimum absolute atomic E-state index is 0.0933. The molecule has 0 spiro atoms. The lowest BCUT2D eigenvalue weighted by molar-refractivity contribution is -0.142. The SMILES string of the molecule is CC(C)(CNS(=O)(=O)N1CCCC(C(=O)O)C1)S(C)(=O)=O. The predicted molar refractivity (Wildman–Crippen MR) is 77.8 cm³/mol. The van der Waals surface area contributed by atoms with Crippen molar-refractivity contribution in [2.45, 2.75) is 31.4 Å². The molecule has 1 unspecified atom stereocenters. The molecule has 0 saturated carbocycles. The number of nitrogens with one attached hydrogen (secondary N) is 1. The maximum atomic E-state index is 12.2. The van der Waals surface area contributed by atoms with Crippen LogP contribution in [0.1, 0.15) is 26.7 Å². The van der Waals surface area contributed by atoms with Crippen LogP contribution < -0.4 is 4.72 Å². The summed E-state index contributed by atoms with van der Waals surface area (Å²) >= 11 is 0. The number of sulfone groups is 1. The molecule has 21 heavy (non-hydrogen) atoms. The van der Waals surface area contributed by atoms with Gasteiger partial charge in [-0.15, -0.1) is 0 Å². The monoisotopic (exact) mass is 342 g/mol. The first kappa shape index (κ1) is 18.3. The Morgan fingerprint density at radius 3 is 2.38 bits per heavy atom. The van der Waals surface area contributed by atoms with Crippen LogP contribution in [0.5, 0.6) is 0 Å². The van der Waals surface area contributed by atoms with Gasteiger partial charge in [-0.3, -0.25) is 4.79 Å². The number of hydrogen-bond donors (Lipinski definition) is 2. The minimum atomic E-state index is -3.89. The highest BCUT2D eigenvalue weighted by molar-refractivity contribution is 7.92. The van der Waals surface area contributed by atoms with Crippen LogP contribution in [0.15, 0.2) is 0 Å². The molecular formula is C11H22N2O6S2. The van der Waals surface area contributed by atoms with Crippen molar-refractivity contribution in [2.24, 2.45) is 5.92 Å². The molecule has 1 aliphatic rings. The van der Waals surface area contributed by atoms with Crippen molar-refractivity contribution in [1.29, 1.82) is 0 Å². The zero-order valence-electron chi connectivity index (χ0n) is 12.4. The van der Waals surface area contributed by atoms with Gasteiger partial charge in [0.05, 0.1) is 10.7 Å². The van der Waals surface area contributed by atoms with Crippen LogP contribution in [0.4, 0.5) is 0 Å². The van der Waals surface area contributed by atoms with Gasteiger partial charge >= 0.3 is 5.97 Å². The Hall–Kier alpha value is -0.710. The van der Waals surface area contributed by atoms with E-state index in [9.17, 15) is 21.6 Å². The first-order valence-electron chi connectivity index (χ1n) is 6.54.